The SMILES string of the molecule is CN(C)Cc1ccc(CN2CCC3(CC2)CN(C)c2ccccc23)cc1. The Morgan fingerprint density at radius 1 is 0.923 bits per heavy atom. The molecule has 2 aromatic carbocycles. The highest BCUT2D eigenvalue weighted by molar-refractivity contribution is 5.62. The topological polar surface area (TPSA) is 9.72 Å². The Bertz CT molecular complexity index is 742. The van der Waals surface area contributed by atoms with Crippen molar-refractivity contribution >= 4 is 5.69 Å². The number of nitrogens with zero attached hydrogens (tertiary/aromatic N) is 3. The Morgan fingerprint density at radius 3 is 2.27 bits per heavy atom. The maximum Gasteiger partial charge on any atom is 0.0402 e. The Morgan fingerprint density at radius 2 is 1.58 bits per heavy atom. The predicted molar refractivity (Wildman–Crippen MR) is 110 cm³/mol. The van der Waals surface area contributed by atoms with Crippen LogP contribution in [0.3, 0.4) is 0 Å². The summed E-state index contributed by atoms with van der Waals surface area (Å²) < 4.78 is 0. The van der Waals surface area contributed by atoms with Gasteiger partial charge in [-0.05, 0) is 62.8 Å². The summed E-state index contributed by atoms with van der Waals surface area (Å²) in [4.78, 5) is 7.30. The number of piperidine rings is 1. The van der Waals surface area contributed by atoms with E-state index in [0.29, 0.717) is 5.41 Å². The fraction of sp³-hybridized carbons (Fsp3) is 0.478. The summed E-state index contributed by atoms with van der Waals surface area (Å²) in [6, 6.07) is 18.2. The largest absolute Gasteiger partial charge is 0.373 e. The fourth-order valence-corrected chi connectivity index (χ4v) is 4.82. The Kier molecular flexibility index (Phi) is 4.76. The zero-order valence-corrected chi connectivity index (χ0v) is 16.4. The molecule has 1 saturated heterocycles. The number of rotatable bonds is 4. The highest BCUT2D eigenvalue weighted by Crippen LogP contribution is 2.46. The number of likely N-dealkylation sites (N-methyl/N-ethyl adjacent to an activating group) is 1. The minimum Gasteiger partial charge on any atom is -0.373 e. The van der Waals surface area contributed by atoms with Gasteiger partial charge < -0.3 is 9.80 Å². The summed E-state index contributed by atoms with van der Waals surface area (Å²) in [6.45, 7) is 5.66. The van der Waals surface area contributed by atoms with Crippen molar-refractivity contribution in [2.45, 2.75) is 31.3 Å². The molecule has 0 N–H and O–H groups in total. The molecular weight excluding hydrogens is 318 g/mol. The molecule has 2 aliphatic heterocycles. The van der Waals surface area contributed by atoms with Crippen molar-refractivity contribution in [3.63, 3.8) is 0 Å². The lowest BCUT2D eigenvalue weighted by atomic mass is 9.74. The van der Waals surface area contributed by atoms with Gasteiger partial charge in [-0.3, -0.25) is 4.90 Å². The molecule has 0 amide bonds. The van der Waals surface area contributed by atoms with Gasteiger partial charge in [0.1, 0.15) is 0 Å². The van der Waals surface area contributed by atoms with Crippen molar-refractivity contribution < 1.29 is 0 Å². The third-order valence-corrected chi connectivity index (χ3v) is 6.17. The van der Waals surface area contributed by atoms with Gasteiger partial charge in [-0.1, -0.05) is 42.5 Å². The van der Waals surface area contributed by atoms with Crippen molar-refractivity contribution in [2.24, 2.45) is 0 Å². The van der Waals surface area contributed by atoms with Crippen LogP contribution in [-0.2, 0) is 18.5 Å². The molecule has 0 atom stereocenters. The average Bonchev–Trinajstić information content (AvgIpc) is 2.91. The summed E-state index contributed by atoms with van der Waals surface area (Å²) >= 11 is 0. The van der Waals surface area contributed by atoms with Gasteiger partial charge in [0.05, 0.1) is 0 Å². The molecule has 4 rings (SSSR count). The summed E-state index contributed by atoms with van der Waals surface area (Å²) in [6.07, 6.45) is 2.54. The smallest absolute Gasteiger partial charge is 0.0402 e. The van der Waals surface area contributed by atoms with Crippen molar-refractivity contribution in [1.82, 2.24) is 9.80 Å². The molecule has 0 bridgehead atoms. The van der Waals surface area contributed by atoms with Gasteiger partial charge in [0.15, 0.2) is 0 Å². The molecule has 2 heterocycles. The van der Waals surface area contributed by atoms with Gasteiger partial charge in [-0.25, -0.2) is 0 Å². The van der Waals surface area contributed by atoms with Crippen molar-refractivity contribution in [1.29, 1.82) is 0 Å². The van der Waals surface area contributed by atoms with Gasteiger partial charge in [-0.2, -0.15) is 0 Å². The van der Waals surface area contributed by atoms with E-state index in [1.807, 2.05) is 0 Å². The van der Waals surface area contributed by atoms with Crippen LogP contribution in [0.15, 0.2) is 48.5 Å². The Labute approximate surface area is 158 Å². The molecule has 1 spiro atoms. The summed E-state index contributed by atoms with van der Waals surface area (Å²) in [5.74, 6) is 0. The van der Waals surface area contributed by atoms with Crippen molar-refractivity contribution in [3.05, 3.63) is 65.2 Å². The standard InChI is InChI=1S/C23H31N3/c1-24(2)16-19-8-10-20(11-9-19)17-26-14-12-23(13-15-26)18-25(3)22-7-5-4-6-21(22)23/h4-11H,12-18H2,1-3H3. The molecule has 1 fully saturated rings. The maximum absolute atomic E-state index is 2.63. The molecule has 3 heteroatoms. The lowest BCUT2D eigenvalue weighted by molar-refractivity contribution is 0.160. The van der Waals surface area contributed by atoms with E-state index >= 15 is 0 Å². The molecule has 26 heavy (non-hydrogen) atoms. The molecule has 2 aromatic rings. The minimum absolute atomic E-state index is 0.372. The van der Waals surface area contributed by atoms with E-state index in [1.54, 1.807) is 5.56 Å². The summed E-state index contributed by atoms with van der Waals surface area (Å²) in [5, 5.41) is 0. The molecule has 2 aliphatic rings. The molecular formula is C23H31N3. The number of anilines is 1. The van der Waals surface area contributed by atoms with Crippen LogP contribution in [0.4, 0.5) is 5.69 Å². The van der Waals surface area contributed by atoms with E-state index in [9.17, 15) is 0 Å². The first-order chi connectivity index (χ1) is 12.6. The number of hydrogen-bond acceptors (Lipinski definition) is 3. The van der Waals surface area contributed by atoms with Gasteiger partial charge in [0.2, 0.25) is 0 Å². The lowest BCUT2D eigenvalue weighted by Gasteiger charge is -2.40. The molecule has 0 radical (unpaired) electrons. The van der Waals surface area contributed by atoms with E-state index in [-0.39, 0.29) is 0 Å². The maximum atomic E-state index is 2.63. The molecule has 0 aromatic heterocycles. The zero-order valence-electron chi connectivity index (χ0n) is 16.4. The number of fused-ring (bicyclic) bond motifs is 2. The second-order valence-corrected chi connectivity index (χ2v) is 8.48. The highest BCUT2D eigenvalue weighted by atomic mass is 15.2. The van der Waals surface area contributed by atoms with E-state index in [1.165, 1.54) is 49.3 Å². The fourth-order valence-electron chi connectivity index (χ4n) is 4.82. The normalized spacial score (nSPS) is 19.3. The van der Waals surface area contributed by atoms with Gasteiger partial charge in [-0.15, -0.1) is 0 Å². The van der Waals surface area contributed by atoms with Crippen LogP contribution in [0, 0.1) is 0 Å². The van der Waals surface area contributed by atoms with Crippen molar-refractivity contribution in [2.75, 3.05) is 45.7 Å². The molecule has 0 aliphatic carbocycles. The first kappa shape index (κ1) is 17.6. The Hall–Kier alpha value is -1.84. The van der Waals surface area contributed by atoms with Crippen LogP contribution in [0.2, 0.25) is 0 Å². The molecule has 0 saturated carbocycles. The van der Waals surface area contributed by atoms with E-state index < -0.39 is 0 Å². The van der Waals surface area contributed by atoms with Gasteiger partial charge >= 0.3 is 0 Å². The Balaban J connectivity index is 1.39. The predicted octanol–water partition coefficient (Wildman–Crippen LogP) is 3.73. The average molecular weight is 350 g/mol. The van der Waals surface area contributed by atoms with Crippen molar-refractivity contribution in [3.8, 4) is 0 Å². The van der Waals surface area contributed by atoms with Gasteiger partial charge in [0, 0.05) is 37.8 Å². The van der Waals surface area contributed by atoms with Crippen LogP contribution in [0.1, 0.15) is 29.5 Å². The monoisotopic (exact) mass is 349 g/mol. The van der Waals surface area contributed by atoms with Crippen LogP contribution in [0.25, 0.3) is 0 Å². The van der Waals surface area contributed by atoms with Crippen LogP contribution in [0.5, 0.6) is 0 Å². The van der Waals surface area contributed by atoms with Crippen LogP contribution in [-0.4, -0.2) is 50.6 Å². The lowest BCUT2D eigenvalue weighted by Crippen LogP contribution is -2.44. The van der Waals surface area contributed by atoms with E-state index in [0.717, 1.165) is 13.1 Å². The minimum atomic E-state index is 0.372. The number of likely N-dealkylation sites (tertiary alicyclic amines) is 1. The van der Waals surface area contributed by atoms with Crippen LogP contribution >= 0.6 is 0 Å². The second kappa shape index (κ2) is 7.05. The van der Waals surface area contributed by atoms with Crippen LogP contribution < -0.4 is 4.90 Å². The van der Waals surface area contributed by atoms with Gasteiger partial charge in [0.25, 0.3) is 0 Å². The summed E-state index contributed by atoms with van der Waals surface area (Å²) in [7, 11) is 6.49. The third-order valence-electron chi connectivity index (χ3n) is 6.17. The quantitative estimate of drug-likeness (QED) is 0.833. The number of para-hydroxylation sites is 1. The first-order valence-corrected chi connectivity index (χ1v) is 9.81. The number of hydrogen-bond donors (Lipinski definition) is 0. The second-order valence-electron chi connectivity index (χ2n) is 8.48. The molecule has 0 unspecified atom stereocenters. The van der Waals surface area contributed by atoms with E-state index in [2.05, 4.69) is 84.4 Å². The zero-order chi connectivity index (χ0) is 18.1. The van der Waals surface area contributed by atoms with E-state index in [4.69, 9.17) is 0 Å². The molecule has 3 nitrogen and oxygen atoms in total. The first-order valence-electron chi connectivity index (χ1n) is 9.81. The molecule has 138 valence electrons. The highest BCUT2D eigenvalue weighted by Gasteiger charge is 2.43. The summed E-state index contributed by atoms with van der Waals surface area (Å²) in [5.41, 5.74) is 6.22. The third kappa shape index (κ3) is 3.38. The number of benzene rings is 2.